The third-order valence-electron chi connectivity index (χ3n) is 3.71. The lowest BCUT2D eigenvalue weighted by molar-refractivity contribution is 0.211. The fourth-order valence-electron chi connectivity index (χ4n) is 2.25. The molecule has 0 unspecified atom stereocenters. The van der Waals surface area contributed by atoms with E-state index in [2.05, 4.69) is 59.0 Å². The number of thiazole rings is 1. The number of ether oxygens (including phenoxy) is 1. The maximum atomic E-state index is 5.01. The predicted octanol–water partition coefficient (Wildman–Crippen LogP) is 5.14. The van der Waals surface area contributed by atoms with Gasteiger partial charge in [0.1, 0.15) is 5.01 Å². The second-order valence-corrected chi connectivity index (χ2v) is 9.06. The molecule has 0 saturated heterocycles. The summed E-state index contributed by atoms with van der Waals surface area (Å²) >= 11 is 4.91. The Morgan fingerprint density at radius 3 is 2.73 bits per heavy atom. The van der Waals surface area contributed by atoms with E-state index in [4.69, 9.17) is 9.72 Å². The maximum Gasteiger partial charge on any atom is 0.206 e. The molecule has 0 saturated carbocycles. The quantitative estimate of drug-likeness (QED) is 0.392. The highest BCUT2D eigenvalue weighted by Crippen LogP contribution is 2.31. The smallest absolute Gasteiger partial charge is 0.206 e. The summed E-state index contributed by atoms with van der Waals surface area (Å²) < 4.78 is 5.96. The second-order valence-electron chi connectivity index (χ2n) is 6.00. The Morgan fingerprint density at radius 1 is 1.19 bits per heavy atom. The molecule has 0 fully saturated rings. The van der Waals surface area contributed by atoms with Crippen molar-refractivity contribution in [1.29, 1.82) is 0 Å². The molecule has 0 amide bonds. The minimum Gasteiger partial charge on any atom is -0.383 e. The molecule has 0 aliphatic heterocycles. The highest BCUT2D eigenvalue weighted by Gasteiger charge is 2.09. The van der Waals surface area contributed by atoms with Crippen LogP contribution in [0.5, 0.6) is 0 Å². The second kappa shape index (κ2) is 9.45. The Balaban J connectivity index is 1.55. The number of hydrogen-bond acceptors (Lipinski definition) is 8. The maximum absolute atomic E-state index is 5.01. The van der Waals surface area contributed by atoms with Gasteiger partial charge in [-0.2, -0.15) is 0 Å². The Labute approximate surface area is 166 Å². The van der Waals surface area contributed by atoms with Crippen LogP contribution in [0.15, 0.2) is 34.0 Å². The Kier molecular flexibility index (Phi) is 7.01. The first kappa shape index (κ1) is 19.3. The van der Waals surface area contributed by atoms with E-state index in [1.54, 1.807) is 41.5 Å². The fraction of sp³-hybridized carbons (Fsp3) is 0.389. The van der Waals surface area contributed by atoms with Crippen molar-refractivity contribution in [3.05, 3.63) is 40.9 Å². The van der Waals surface area contributed by atoms with Crippen LogP contribution >= 0.6 is 34.4 Å². The summed E-state index contributed by atoms with van der Waals surface area (Å²) in [5.74, 6) is 1.35. The van der Waals surface area contributed by atoms with Gasteiger partial charge in [0, 0.05) is 30.4 Å². The van der Waals surface area contributed by atoms with E-state index >= 15 is 0 Å². The van der Waals surface area contributed by atoms with E-state index in [1.165, 1.54) is 11.1 Å². The van der Waals surface area contributed by atoms with Crippen molar-refractivity contribution < 1.29 is 4.74 Å². The van der Waals surface area contributed by atoms with Crippen LogP contribution in [0.4, 0.5) is 5.13 Å². The summed E-state index contributed by atoms with van der Waals surface area (Å²) in [5, 5.41) is 15.6. The van der Waals surface area contributed by atoms with Crippen molar-refractivity contribution in [3.8, 4) is 10.6 Å². The van der Waals surface area contributed by atoms with Gasteiger partial charge in [0.2, 0.25) is 5.13 Å². The molecule has 0 radical (unpaired) electrons. The summed E-state index contributed by atoms with van der Waals surface area (Å²) in [6.07, 6.45) is 0. The predicted molar refractivity (Wildman–Crippen MR) is 111 cm³/mol. The van der Waals surface area contributed by atoms with Gasteiger partial charge in [-0.1, -0.05) is 61.2 Å². The molecule has 3 aromatic rings. The molecule has 0 atom stereocenters. The fourth-order valence-corrected chi connectivity index (χ4v) is 4.85. The summed E-state index contributed by atoms with van der Waals surface area (Å²) in [4.78, 5) is 4.76. The van der Waals surface area contributed by atoms with Gasteiger partial charge in [-0.15, -0.1) is 21.5 Å². The number of thioether (sulfide) groups is 1. The molecular formula is C18H22N4OS3. The number of anilines is 1. The van der Waals surface area contributed by atoms with Crippen LogP contribution in [0.3, 0.4) is 0 Å². The van der Waals surface area contributed by atoms with Gasteiger partial charge in [-0.3, -0.25) is 0 Å². The van der Waals surface area contributed by atoms with Crippen LogP contribution in [-0.4, -0.2) is 35.4 Å². The standard InChI is InChI=1S/C18H22N4OS3/c1-12(2)13-4-6-14(7-5-13)16-20-15(10-24-16)11-25-18-22-21-17(26-18)19-8-9-23-3/h4-7,10,12H,8-9,11H2,1-3H3,(H,19,21). The SMILES string of the molecule is COCCNc1nnc(SCc2csc(-c3ccc(C(C)C)cc3)n2)s1. The number of methoxy groups -OCH3 is 1. The Morgan fingerprint density at radius 2 is 2.00 bits per heavy atom. The normalized spacial score (nSPS) is 11.2. The molecule has 1 N–H and O–H groups in total. The van der Waals surface area contributed by atoms with Crippen molar-refractivity contribution in [2.45, 2.75) is 29.9 Å². The van der Waals surface area contributed by atoms with E-state index in [0.29, 0.717) is 12.5 Å². The minimum absolute atomic E-state index is 0.549. The summed E-state index contributed by atoms with van der Waals surface area (Å²) in [5.41, 5.74) is 3.61. The van der Waals surface area contributed by atoms with E-state index in [9.17, 15) is 0 Å². The van der Waals surface area contributed by atoms with Gasteiger partial charge >= 0.3 is 0 Å². The third-order valence-corrected chi connectivity index (χ3v) is 6.70. The lowest BCUT2D eigenvalue weighted by Crippen LogP contribution is -2.06. The number of hydrogen-bond donors (Lipinski definition) is 1. The van der Waals surface area contributed by atoms with Gasteiger partial charge in [0.15, 0.2) is 4.34 Å². The van der Waals surface area contributed by atoms with E-state index in [1.807, 2.05) is 0 Å². The van der Waals surface area contributed by atoms with Crippen LogP contribution in [-0.2, 0) is 10.5 Å². The number of aromatic nitrogens is 3. The third kappa shape index (κ3) is 5.26. The molecular weight excluding hydrogens is 384 g/mol. The molecule has 26 heavy (non-hydrogen) atoms. The minimum atomic E-state index is 0.549. The largest absolute Gasteiger partial charge is 0.383 e. The molecule has 8 heteroatoms. The average Bonchev–Trinajstić information content (AvgIpc) is 3.30. The van der Waals surface area contributed by atoms with Crippen LogP contribution < -0.4 is 5.32 Å². The van der Waals surface area contributed by atoms with Crippen LogP contribution in [0, 0.1) is 0 Å². The van der Waals surface area contributed by atoms with Gasteiger partial charge in [-0.25, -0.2) is 4.98 Å². The molecule has 0 aliphatic carbocycles. The Bertz CT molecular complexity index is 814. The van der Waals surface area contributed by atoms with Crippen molar-refractivity contribution in [3.63, 3.8) is 0 Å². The number of benzene rings is 1. The van der Waals surface area contributed by atoms with Gasteiger partial charge < -0.3 is 10.1 Å². The van der Waals surface area contributed by atoms with Crippen molar-refractivity contribution >= 4 is 39.6 Å². The summed E-state index contributed by atoms with van der Waals surface area (Å²) in [7, 11) is 1.68. The molecule has 5 nitrogen and oxygen atoms in total. The molecule has 2 heterocycles. The molecule has 2 aromatic heterocycles. The van der Waals surface area contributed by atoms with Gasteiger partial charge in [0.25, 0.3) is 0 Å². The van der Waals surface area contributed by atoms with Crippen LogP contribution in [0.25, 0.3) is 10.6 Å². The lowest BCUT2D eigenvalue weighted by atomic mass is 10.0. The van der Waals surface area contributed by atoms with Crippen molar-refractivity contribution in [1.82, 2.24) is 15.2 Å². The Hall–Kier alpha value is -1.48. The number of rotatable bonds is 9. The van der Waals surface area contributed by atoms with Crippen LogP contribution in [0.1, 0.15) is 31.0 Å². The first-order valence-electron chi connectivity index (χ1n) is 8.39. The molecule has 0 spiro atoms. The van der Waals surface area contributed by atoms with Gasteiger partial charge in [-0.05, 0) is 11.5 Å². The summed E-state index contributed by atoms with van der Waals surface area (Å²) in [6.45, 7) is 5.81. The molecule has 0 aliphatic rings. The topological polar surface area (TPSA) is 59.9 Å². The highest BCUT2D eigenvalue weighted by atomic mass is 32.2. The van der Waals surface area contributed by atoms with Crippen molar-refractivity contribution in [2.24, 2.45) is 0 Å². The van der Waals surface area contributed by atoms with E-state index in [0.717, 1.165) is 32.5 Å². The molecule has 0 bridgehead atoms. The monoisotopic (exact) mass is 406 g/mol. The average molecular weight is 407 g/mol. The molecule has 3 rings (SSSR count). The number of nitrogens with one attached hydrogen (secondary N) is 1. The zero-order valence-corrected chi connectivity index (χ0v) is 17.5. The van der Waals surface area contributed by atoms with Gasteiger partial charge in [0.05, 0.1) is 12.3 Å². The molecule has 138 valence electrons. The zero-order valence-electron chi connectivity index (χ0n) is 15.1. The molecule has 1 aromatic carbocycles. The summed E-state index contributed by atoms with van der Waals surface area (Å²) in [6, 6.07) is 8.70. The van der Waals surface area contributed by atoms with E-state index < -0.39 is 0 Å². The van der Waals surface area contributed by atoms with Crippen LogP contribution in [0.2, 0.25) is 0 Å². The zero-order chi connectivity index (χ0) is 18.4. The van der Waals surface area contributed by atoms with E-state index in [-0.39, 0.29) is 0 Å². The first-order valence-corrected chi connectivity index (χ1v) is 11.1. The lowest BCUT2D eigenvalue weighted by Gasteiger charge is -2.05. The van der Waals surface area contributed by atoms with Crippen molar-refractivity contribution in [2.75, 3.05) is 25.6 Å². The highest BCUT2D eigenvalue weighted by molar-refractivity contribution is 8.00. The first-order chi connectivity index (χ1) is 12.7. The number of nitrogens with zero attached hydrogens (tertiary/aromatic N) is 3.